The number of hydrogen-bond donors (Lipinski definition) is 0. The van der Waals surface area contributed by atoms with Crippen LogP contribution in [0.3, 0.4) is 0 Å². The van der Waals surface area contributed by atoms with E-state index >= 15 is 0 Å². The highest BCUT2D eigenvalue weighted by molar-refractivity contribution is 6.34. The molecule has 0 atom stereocenters. The third-order valence-electron chi connectivity index (χ3n) is 3.83. The molecule has 1 aliphatic carbocycles. The van der Waals surface area contributed by atoms with E-state index in [-0.39, 0.29) is 18.9 Å². The van der Waals surface area contributed by atoms with E-state index in [0.29, 0.717) is 18.0 Å². The van der Waals surface area contributed by atoms with Gasteiger partial charge in [-0.25, -0.2) is 18.7 Å². The summed E-state index contributed by atoms with van der Waals surface area (Å²) in [6, 6.07) is 0.0711. The van der Waals surface area contributed by atoms with E-state index in [2.05, 4.69) is 9.97 Å². The Kier molecular flexibility index (Phi) is 2.96. The summed E-state index contributed by atoms with van der Waals surface area (Å²) < 4.78 is 28.4. The Balaban J connectivity index is 2.00. The monoisotopic (exact) mass is 285 g/mol. The van der Waals surface area contributed by atoms with Crippen molar-refractivity contribution in [2.75, 3.05) is 0 Å². The van der Waals surface area contributed by atoms with Gasteiger partial charge in [-0.1, -0.05) is 11.6 Å². The second kappa shape index (κ2) is 4.40. The summed E-state index contributed by atoms with van der Waals surface area (Å²) in [5.74, 6) is -2.51. The number of nitrogens with zero attached hydrogens (tertiary/aromatic N) is 3. The van der Waals surface area contributed by atoms with Crippen LogP contribution in [0, 0.1) is 6.92 Å². The second-order valence-electron chi connectivity index (χ2n) is 5.17. The summed E-state index contributed by atoms with van der Waals surface area (Å²) in [4.78, 5) is 8.22. The maximum absolute atomic E-state index is 13.2. The quantitative estimate of drug-likeness (QED) is 0.737. The standard InChI is InChI=1S/C13H14ClF2N3/c1-8-6-19(9-2-4-13(15,16)5-3-9)12-10(8)11(14)17-7-18-12/h6-7,9H,2-5H2,1H3. The van der Waals surface area contributed by atoms with Crippen molar-refractivity contribution < 1.29 is 8.78 Å². The average molecular weight is 286 g/mol. The number of alkyl halides is 2. The Morgan fingerprint density at radius 2 is 2.00 bits per heavy atom. The summed E-state index contributed by atoms with van der Waals surface area (Å²) in [6.45, 7) is 1.94. The lowest BCUT2D eigenvalue weighted by molar-refractivity contribution is -0.0436. The van der Waals surface area contributed by atoms with Gasteiger partial charge >= 0.3 is 0 Å². The maximum Gasteiger partial charge on any atom is 0.248 e. The predicted octanol–water partition coefficient (Wildman–Crippen LogP) is 4.14. The molecule has 0 N–H and O–H groups in total. The van der Waals surface area contributed by atoms with Gasteiger partial charge in [0, 0.05) is 25.1 Å². The van der Waals surface area contributed by atoms with Crippen LogP contribution in [-0.4, -0.2) is 20.5 Å². The van der Waals surface area contributed by atoms with Crippen LogP contribution in [-0.2, 0) is 0 Å². The SMILES string of the molecule is Cc1cn(C2CCC(F)(F)CC2)c2ncnc(Cl)c12. The van der Waals surface area contributed by atoms with E-state index in [1.807, 2.05) is 17.7 Å². The van der Waals surface area contributed by atoms with Crippen LogP contribution < -0.4 is 0 Å². The molecule has 1 fully saturated rings. The zero-order valence-electron chi connectivity index (χ0n) is 10.5. The van der Waals surface area contributed by atoms with Crippen molar-refractivity contribution in [3.63, 3.8) is 0 Å². The van der Waals surface area contributed by atoms with Gasteiger partial charge in [0.2, 0.25) is 5.92 Å². The first-order valence-corrected chi connectivity index (χ1v) is 6.71. The van der Waals surface area contributed by atoms with Crippen molar-refractivity contribution in [1.29, 1.82) is 0 Å². The van der Waals surface area contributed by atoms with Crippen LogP contribution in [0.1, 0.15) is 37.3 Å². The normalized spacial score (nSPS) is 20.0. The average Bonchev–Trinajstić information content (AvgIpc) is 2.68. The summed E-state index contributed by atoms with van der Waals surface area (Å²) >= 11 is 6.08. The molecular formula is C13H14ClF2N3. The molecule has 2 heterocycles. The minimum Gasteiger partial charge on any atom is -0.329 e. The Morgan fingerprint density at radius 1 is 1.32 bits per heavy atom. The van der Waals surface area contributed by atoms with Crippen LogP contribution in [0.5, 0.6) is 0 Å². The molecule has 1 saturated carbocycles. The molecule has 0 unspecified atom stereocenters. The summed E-state index contributed by atoms with van der Waals surface area (Å²) in [5.41, 5.74) is 1.73. The molecule has 0 aliphatic heterocycles. The Bertz CT molecular complexity index is 614. The molecule has 3 rings (SSSR count). The smallest absolute Gasteiger partial charge is 0.248 e. The maximum atomic E-state index is 13.2. The van der Waals surface area contributed by atoms with Crippen molar-refractivity contribution in [2.24, 2.45) is 0 Å². The van der Waals surface area contributed by atoms with E-state index in [4.69, 9.17) is 11.6 Å². The Labute approximate surface area is 114 Å². The molecule has 19 heavy (non-hydrogen) atoms. The number of halogens is 3. The molecule has 2 aromatic heterocycles. The summed E-state index contributed by atoms with van der Waals surface area (Å²) in [5, 5.41) is 1.24. The minimum atomic E-state index is -2.51. The molecule has 6 heteroatoms. The molecule has 0 amide bonds. The molecule has 3 nitrogen and oxygen atoms in total. The van der Waals surface area contributed by atoms with E-state index in [0.717, 1.165) is 16.6 Å². The topological polar surface area (TPSA) is 30.7 Å². The number of aromatic nitrogens is 3. The number of rotatable bonds is 1. The summed E-state index contributed by atoms with van der Waals surface area (Å²) in [7, 11) is 0. The first-order valence-electron chi connectivity index (χ1n) is 6.33. The molecule has 0 spiro atoms. The van der Waals surface area contributed by atoms with E-state index in [9.17, 15) is 8.78 Å². The van der Waals surface area contributed by atoms with Gasteiger partial charge in [0.25, 0.3) is 0 Å². The number of hydrogen-bond acceptors (Lipinski definition) is 2. The third-order valence-corrected chi connectivity index (χ3v) is 4.12. The van der Waals surface area contributed by atoms with Crippen LogP contribution in [0.2, 0.25) is 5.15 Å². The van der Waals surface area contributed by atoms with E-state index in [1.165, 1.54) is 6.33 Å². The van der Waals surface area contributed by atoms with Crippen molar-refractivity contribution in [2.45, 2.75) is 44.6 Å². The number of fused-ring (bicyclic) bond motifs is 1. The number of aryl methyl sites for hydroxylation is 1. The highest BCUT2D eigenvalue weighted by Gasteiger charge is 2.36. The Morgan fingerprint density at radius 3 is 2.68 bits per heavy atom. The van der Waals surface area contributed by atoms with Gasteiger partial charge in [-0.2, -0.15) is 0 Å². The van der Waals surface area contributed by atoms with Gasteiger partial charge in [-0.15, -0.1) is 0 Å². The fourth-order valence-electron chi connectivity index (χ4n) is 2.81. The van der Waals surface area contributed by atoms with Crippen LogP contribution in [0.4, 0.5) is 8.78 Å². The van der Waals surface area contributed by atoms with Crippen LogP contribution in [0.25, 0.3) is 11.0 Å². The highest BCUT2D eigenvalue weighted by atomic mass is 35.5. The lowest BCUT2D eigenvalue weighted by Gasteiger charge is -2.29. The van der Waals surface area contributed by atoms with Gasteiger partial charge in [0.1, 0.15) is 17.1 Å². The van der Waals surface area contributed by atoms with Crippen molar-refractivity contribution in [3.05, 3.63) is 23.2 Å². The van der Waals surface area contributed by atoms with Crippen molar-refractivity contribution in [3.8, 4) is 0 Å². The van der Waals surface area contributed by atoms with E-state index < -0.39 is 5.92 Å². The predicted molar refractivity (Wildman–Crippen MR) is 69.7 cm³/mol. The minimum absolute atomic E-state index is 0.0603. The third kappa shape index (κ3) is 2.20. The molecule has 0 aromatic carbocycles. The zero-order chi connectivity index (χ0) is 13.6. The molecule has 0 bridgehead atoms. The molecule has 0 saturated heterocycles. The molecule has 2 aromatic rings. The Hall–Kier alpha value is -1.23. The van der Waals surface area contributed by atoms with Crippen LogP contribution >= 0.6 is 11.6 Å². The fourth-order valence-corrected chi connectivity index (χ4v) is 3.08. The highest BCUT2D eigenvalue weighted by Crippen LogP contribution is 2.40. The first-order chi connectivity index (χ1) is 8.98. The fraction of sp³-hybridized carbons (Fsp3) is 0.538. The lowest BCUT2D eigenvalue weighted by Crippen LogP contribution is -2.26. The van der Waals surface area contributed by atoms with Crippen molar-refractivity contribution in [1.82, 2.24) is 14.5 Å². The second-order valence-corrected chi connectivity index (χ2v) is 5.53. The van der Waals surface area contributed by atoms with Crippen LogP contribution in [0.15, 0.2) is 12.5 Å². The van der Waals surface area contributed by atoms with Gasteiger partial charge in [-0.05, 0) is 25.3 Å². The molecule has 102 valence electrons. The summed E-state index contributed by atoms with van der Waals surface area (Å²) in [6.07, 6.45) is 4.18. The van der Waals surface area contributed by atoms with Crippen molar-refractivity contribution >= 4 is 22.6 Å². The van der Waals surface area contributed by atoms with Gasteiger partial charge in [0.15, 0.2) is 0 Å². The van der Waals surface area contributed by atoms with Gasteiger partial charge in [0.05, 0.1) is 5.39 Å². The zero-order valence-corrected chi connectivity index (χ0v) is 11.3. The molecular weight excluding hydrogens is 272 g/mol. The van der Waals surface area contributed by atoms with E-state index in [1.54, 1.807) is 0 Å². The van der Waals surface area contributed by atoms with Gasteiger partial charge < -0.3 is 4.57 Å². The lowest BCUT2D eigenvalue weighted by atomic mass is 9.92. The first kappa shape index (κ1) is 12.8. The largest absolute Gasteiger partial charge is 0.329 e. The van der Waals surface area contributed by atoms with Gasteiger partial charge in [-0.3, -0.25) is 0 Å². The molecule has 1 aliphatic rings. The molecule has 0 radical (unpaired) electrons.